The molecule has 188 valence electrons. The van der Waals surface area contributed by atoms with E-state index in [0.29, 0.717) is 29.8 Å². The third-order valence-corrected chi connectivity index (χ3v) is 5.66. The fourth-order valence-corrected chi connectivity index (χ4v) is 3.69. The molecule has 10 nitrogen and oxygen atoms in total. The highest BCUT2D eigenvalue weighted by atomic mass is 16.3. The average Bonchev–Trinajstić information content (AvgIpc) is 3.63. The van der Waals surface area contributed by atoms with E-state index in [1.807, 2.05) is 31.2 Å². The minimum Gasteiger partial charge on any atom is -0.467 e. The number of rotatable bonds is 11. The first-order chi connectivity index (χ1) is 17.4. The molecule has 4 rings (SSSR count). The summed E-state index contributed by atoms with van der Waals surface area (Å²) in [4.78, 5) is 29.5. The minimum atomic E-state index is -0.996. The van der Waals surface area contributed by atoms with Crippen LogP contribution in [0.15, 0.2) is 69.9 Å². The summed E-state index contributed by atoms with van der Waals surface area (Å²) in [5.41, 5.74) is 1.91. The van der Waals surface area contributed by atoms with Crippen LogP contribution in [0.1, 0.15) is 43.4 Å². The van der Waals surface area contributed by atoms with Crippen molar-refractivity contribution in [2.75, 3.05) is 6.54 Å². The lowest BCUT2D eigenvalue weighted by molar-refractivity contribution is -0.143. The zero-order chi connectivity index (χ0) is 25.5. The maximum absolute atomic E-state index is 13.6. The molecule has 3 aromatic heterocycles. The van der Waals surface area contributed by atoms with Crippen molar-refractivity contribution in [3.05, 3.63) is 78.1 Å². The van der Waals surface area contributed by atoms with Gasteiger partial charge in [-0.25, -0.2) is 0 Å². The smallest absolute Gasteiger partial charge is 0.250 e. The van der Waals surface area contributed by atoms with Crippen LogP contribution in [0.4, 0.5) is 0 Å². The minimum absolute atomic E-state index is 0.0638. The summed E-state index contributed by atoms with van der Waals surface area (Å²) in [6.07, 6.45) is 3.81. The third kappa shape index (κ3) is 6.26. The predicted molar refractivity (Wildman–Crippen MR) is 131 cm³/mol. The molecular formula is C26H30N6O4. The number of benzene rings is 1. The number of carbonyl (C=O) groups excluding carboxylic acids is 2. The molecule has 0 unspecified atom stereocenters. The standard InChI is InChI=1S/C26H30N6O4/c1-18(2)12-13-27-26(34)24(22-7-5-15-36-22)31(16-21-6-4-14-35-21)23(33)17-32-29-25(28-30-32)20-10-8-19(3)9-11-20/h4-11,14-15,18,24H,12-13,16-17H2,1-3H3,(H,27,34)/t24-/m0/s1. The molecule has 2 amide bonds. The van der Waals surface area contributed by atoms with Gasteiger partial charge in [0.2, 0.25) is 11.7 Å². The molecule has 10 heteroatoms. The molecule has 1 atom stereocenters. The predicted octanol–water partition coefficient (Wildman–Crippen LogP) is 3.77. The number of aromatic nitrogens is 4. The quantitative estimate of drug-likeness (QED) is 0.340. The number of tetrazole rings is 1. The summed E-state index contributed by atoms with van der Waals surface area (Å²) in [6.45, 7) is 6.50. The summed E-state index contributed by atoms with van der Waals surface area (Å²) < 4.78 is 11.1. The van der Waals surface area contributed by atoms with Crippen molar-refractivity contribution in [3.63, 3.8) is 0 Å². The van der Waals surface area contributed by atoms with Gasteiger partial charge in [-0.3, -0.25) is 9.59 Å². The molecule has 1 N–H and O–H groups in total. The van der Waals surface area contributed by atoms with Gasteiger partial charge in [0.1, 0.15) is 18.1 Å². The number of amides is 2. The highest BCUT2D eigenvalue weighted by Gasteiger charge is 2.34. The Morgan fingerprint density at radius 3 is 2.47 bits per heavy atom. The van der Waals surface area contributed by atoms with E-state index in [0.717, 1.165) is 17.5 Å². The fourth-order valence-electron chi connectivity index (χ4n) is 3.69. The van der Waals surface area contributed by atoms with Gasteiger partial charge in [0.25, 0.3) is 5.91 Å². The SMILES string of the molecule is Cc1ccc(-c2nnn(CC(=O)N(Cc3ccco3)[C@H](C(=O)NCCC(C)C)c3ccco3)n2)cc1. The first-order valence-corrected chi connectivity index (χ1v) is 11.9. The lowest BCUT2D eigenvalue weighted by Gasteiger charge is -2.29. The van der Waals surface area contributed by atoms with Crippen LogP contribution >= 0.6 is 0 Å². The molecule has 0 aliphatic rings. The van der Waals surface area contributed by atoms with Crippen LogP contribution in [0, 0.1) is 12.8 Å². The van der Waals surface area contributed by atoms with E-state index >= 15 is 0 Å². The highest BCUT2D eigenvalue weighted by molar-refractivity contribution is 5.88. The second-order valence-corrected chi connectivity index (χ2v) is 9.00. The molecule has 0 aliphatic carbocycles. The first-order valence-electron chi connectivity index (χ1n) is 11.9. The molecule has 3 heterocycles. The zero-order valence-electron chi connectivity index (χ0n) is 20.6. The van der Waals surface area contributed by atoms with Gasteiger partial charge in [0.15, 0.2) is 6.04 Å². The molecule has 1 aromatic carbocycles. The summed E-state index contributed by atoms with van der Waals surface area (Å²) in [7, 11) is 0. The van der Waals surface area contributed by atoms with Gasteiger partial charge in [-0.2, -0.15) is 4.80 Å². The van der Waals surface area contributed by atoms with Crippen LogP contribution in [0.5, 0.6) is 0 Å². The first kappa shape index (κ1) is 24.9. The van der Waals surface area contributed by atoms with E-state index < -0.39 is 6.04 Å². The Bertz CT molecular complexity index is 1250. The van der Waals surface area contributed by atoms with Crippen LogP contribution < -0.4 is 5.32 Å². The molecule has 4 aromatic rings. The van der Waals surface area contributed by atoms with Crippen molar-refractivity contribution >= 4 is 11.8 Å². The van der Waals surface area contributed by atoms with Crippen molar-refractivity contribution in [2.45, 2.75) is 46.3 Å². The number of carbonyl (C=O) groups is 2. The summed E-state index contributed by atoms with van der Waals surface area (Å²) in [5, 5.41) is 15.4. The van der Waals surface area contributed by atoms with E-state index in [2.05, 4.69) is 34.6 Å². The summed E-state index contributed by atoms with van der Waals surface area (Å²) in [6, 6.07) is 13.6. The summed E-state index contributed by atoms with van der Waals surface area (Å²) in [5.74, 6) is 0.992. The number of nitrogens with zero attached hydrogens (tertiary/aromatic N) is 5. The lowest BCUT2D eigenvalue weighted by atomic mass is 10.1. The number of nitrogens with one attached hydrogen (secondary N) is 1. The van der Waals surface area contributed by atoms with E-state index in [1.165, 1.54) is 22.2 Å². The molecule has 0 spiro atoms. The monoisotopic (exact) mass is 490 g/mol. The van der Waals surface area contributed by atoms with Gasteiger partial charge in [0, 0.05) is 12.1 Å². The second-order valence-electron chi connectivity index (χ2n) is 9.00. The van der Waals surface area contributed by atoms with Crippen LogP contribution in [0.3, 0.4) is 0 Å². The number of hydrogen-bond donors (Lipinski definition) is 1. The number of hydrogen-bond acceptors (Lipinski definition) is 7. The number of aryl methyl sites for hydroxylation is 1. The Labute approximate surface area is 209 Å². The molecule has 0 radical (unpaired) electrons. The van der Waals surface area contributed by atoms with Crippen LogP contribution in [0.2, 0.25) is 0 Å². The van der Waals surface area contributed by atoms with Crippen molar-refractivity contribution in [2.24, 2.45) is 5.92 Å². The van der Waals surface area contributed by atoms with E-state index in [-0.39, 0.29) is 24.9 Å². The Morgan fingerprint density at radius 1 is 1.06 bits per heavy atom. The van der Waals surface area contributed by atoms with Gasteiger partial charge >= 0.3 is 0 Å². The van der Waals surface area contributed by atoms with Gasteiger partial charge in [-0.15, -0.1) is 10.2 Å². The van der Waals surface area contributed by atoms with Crippen molar-refractivity contribution in [1.29, 1.82) is 0 Å². The normalized spacial score (nSPS) is 12.0. The van der Waals surface area contributed by atoms with Crippen molar-refractivity contribution in [3.8, 4) is 11.4 Å². The van der Waals surface area contributed by atoms with Crippen molar-refractivity contribution in [1.82, 2.24) is 30.4 Å². The third-order valence-electron chi connectivity index (χ3n) is 5.66. The Hall–Kier alpha value is -4.21. The maximum Gasteiger partial charge on any atom is 0.250 e. The van der Waals surface area contributed by atoms with Gasteiger partial charge < -0.3 is 19.1 Å². The molecule has 0 aliphatic heterocycles. The van der Waals surface area contributed by atoms with E-state index in [4.69, 9.17) is 8.83 Å². The molecule has 36 heavy (non-hydrogen) atoms. The Kier molecular flexibility index (Phi) is 7.94. The number of furan rings is 2. The lowest BCUT2D eigenvalue weighted by Crippen LogP contribution is -2.45. The average molecular weight is 491 g/mol. The molecule has 0 saturated heterocycles. The zero-order valence-corrected chi connectivity index (χ0v) is 20.6. The van der Waals surface area contributed by atoms with E-state index in [1.54, 1.807) is 24.3 Å². The van der Waals surface area contributed by atoms with Gasteiger partial charge in [0.05, 0.1) is 19.1 Å². The van der Waals surface area contributed by atoms with Crippen LogP contribution in [-0.2, 0) is 22.7 Å². The topological polar surface area (TPSA) is 119 Å². The van der Waals surface area contributed by atoms with Gasteiger partial charge in [-0.1, -0.05) is 43.7 Å². The summed E-state index contributed by atoms with van der Waals surface area (Å²) >= 11 is 0. The highest BCUT2D eigenvalue weighted by Crippen LogP contribution is 2.25. The Balaban J connectivity index is 1.58. The van der Waals surface area contributed by atoms with Crippen molar-refractivity contribution < 1.29 is 18.4 Å². The largest absolute Gasteiger partial charge is 0.467 e. The molecular weight excluding hydrogens is 460 g/mol. The van der Waals surface area contributed by atoms with Crippen LogP contribution in [0.25, 0.3) is 11.4 Å². The Morgan fingerprint density at radius 2 is 1.81 bits per heavy atom. The van der Waals surface area contributed by atoms with E-state index in [9.17, 15) is 9.59 Å². The van der Waals surface area contributed by atoms with Gasteiger partial charge in [-0.05, 0) is 48.7 Å². The molecule has 0 bridgehead atoms. The molecule has 0 fully saturated rings. The van der Waals surface area contributed by atoms with Crippen LogP contribution in [-0.4, -0.2) is 43.5 Å². The second kappa shape index (κ2) is 11.5. The maximum atomic E-state index is 13.6. The molecule has 0 saturated carbocycles. The fraction of sp³-hybridized carbons (Fsp3) is 0.346.